The molecule has 2 aliphatic rings. The number of methoxy groups -OCH3 is 1. The monoisotopic (exact) mass is 494 g/mol. The number of carbonyl (C=O) groups is 1. The Labute approximate surface area is 212 Å². The molecule has 0 saturated carbocycles. The number of amides is 2. The van der Waals surface area contributed by atoms with Gasteiger partial charge in [-0.2, -0.15) is 0 Å². The molecule has 7 nitrogen and oxygen atoms in total. The number of aryl methyl sites for hydroxylation is 2. The maximum atomic E-state index is 14.2. The van der Waals surface area contributed by atoms with E-state index >= 15 is 0 Å². The van der Waals surface area contributed by atoms with Gasteiger partial charge < -0.3 is 20.7 Å². The van der Waals surface area contributed by atoms with Crippen LogP contribution in [0.25, 0.3) is 0 Å². The lowest BCUT2D eigenvalue weighted by Gasteiger charge is -2.36. The number of urea groups is 1. The summed E-state index contributed by atoms with van der Waals surface area (Å²) in [5, 5.41) is 9.62. The van der Waals surface area contributed by atoms with E-state index in [-0.39, 0.29) is 24.4 Å². The highest BCUT2D eigenvalue weighted by atomic mass is 19.1. The predicted molar refractivity (Wildman–Crippen MR) is 139 cm³/mol. The van der Waals surface area contributed by atoms with Gasteiger partial charge >= 0.3 is 6.03 Å². The number of nitrogens with one attached hydrogen (secondary N) is 1. The van der Waals surface area contributed by atoms with Gasteiger partial charge in [0.1, 0.15) is 0 Å². The third kappa shape index (κ3) is 5.70. The van der Waals surface area contributed by atoms with Gasteiger partial charge in [0.15, 0.2) is 11.6 Å². The lowest BCUT2D eigenvalue weighted by Crippen LogP contribution is -2.54. The average molecular weight is 495 g/mol. The molecule has 0 aromatic heterocycles. The van der Waals surface area contributed by atoms with Crippen LogP contribution in [0.3, 0.4) is 0 Å². The highest BCUT2D eigenvalue weighted by molar-refractivity contribution is 6.09. The molecule has 2 aromatic carbocycles. The first-order chi connectivity index (χ1) is 17.3. The third-order valence-corrected chi connectivity index (χ3v) is 7.32. The van der Waals surface area contributed by atoms with Crippen LogP contribution < -0.4 is 21.2 Å². The summed E-state index contributed by atoms with van der Waals surface area (Å²) in [5.74, 6) is -0.345. The van der Waals surface area contributed by atoms with Crippen LogP contribution in [-0.2, 0) is 6.54 Å². The fourth-order valence-electron chi connectivity index (χ4n) is 5.12. The molecule has 2 heterocycles. The van der Waals surface area contributed by atoms with Gasteiger partial charge in [0, 0.05) is 43.4 Å². The Morgan fingerprint density at radius 2 is 1.97 bits per heavy atom. The average Bonchev–Trinajstić information content (AvgIpc) is 2.86. The van der Waals surface area contributed by atoms with Crippen LogP contribution >= 0.6 is 0 Å². The lowest BCUT2D eigenvalue weighted by atomic mass is 9.96. The summed E-state index contributed by atoms with van der Waals surface area (Å²) in [5.41, 5.74) is 12.4. The van der Waals surface area contributed by atoms with E-state index < -0.39 is 5.82 Å². The van der Waals surface area contributed by atoms with E-state index in [1.807, 2.05) is 0 Å². The van der Waals surface area contributed by atoms with Crippen LogP contribution in [0.4, 0.5) is 9.18 Å². The van der Waals surface area contributed by atoms with Crippen LogP contribution in [0.2, 0.25) is 0 Å². The molecule has 2 aliphatic heterocycles. The zero-order chi connectivity index (χ0) is 25.8. The minimum absolute atomic E-state index is 0.0827. The third-order valence-electron chi connectivity index (χ3n) is 7.32. The number of rotatable bonds is 6. The summed E-state index contributed by atoms with van der Waals surface area (Å²) in [6.45, 7) is 7.85. The number of hydrogen-bond acceptors (Lipinski definition) is 4. The number of halogens is 1. The van der Waals surface area contributed by atoms with Crippen molar-refractivity contribution in [3.8, 4) is 5.75 Å². The van der Waals surface area contributed by atoms with Gasteiger partial charge in [-0.25, -0.2) is 9.18 Å². The molecule has 2 amide bonds. The van der Waals surface area contributed by atoms with E-state index in [1.165, 1.54) is 35.9 Å². The zero-order valence-corrected chi connectivity index (χ0v) is 21.4. The number of likely N-dealkylation sites (tertiary alicyclic amines) is 1. The SMILES string of the molecule is COc1ccc(C(=[NH2+])C2=C(N)CCN(C(=O)NC3CCCN(Cc4c(C)cccc4C)C3)C2)cc1F. The number of piperidine rings is 1. The molecule has 36 heavy (non-hydrogen) atoms. The van der Waals surface area contributed by atoms with Crippen LogP contribution in [0.1, 0.15) is 41.5 Å². The Morgan fingerprint density at radius 1 is 1.22 bits per heavy atom. The predicted octanol–water partition coefficient (Wildman–Crippen LogP) is 2.29. The highest BCUT2D eigenvalue weighted by Crippen LogP contribution is 2.23. The Balaban J connectivity index is 1.38. The Morgan fingerprint density at radius 3 is 2.67 bits per heavy atom. The second-order valence-corrected chi connectivity index (χ2v) is 9.83. The maximum Gasteiger partial charge on any atom is 0.317 e. The summed E-state index contributed by atoms with van der Waals surface area (Å²) in [6, 6.07) is 10.9. The lowest BCUT2D eigenvalue weighted by molar-refractivity contribution is -0.112. The normalized spacial score (nSPS) is 18.8. The molecular weight excluding hydrogens is 457 g/mol. The molecule has 192 valence electrons. The van der Waals surface area contributed by atoms with Gasteiger partial charge in [-0.15, -0.1) is 0 Å². The van der Waals surface area contributed by atoms with Crippen molar-refractivity contribution in [3.63, 3.8) is 0 Å². The number of hydrogen-bond donors (Lipinski definition) is 3. The first-order valence-electron chi connectivity index (χ1n) is 12.5. The molecule has 8 heteroatoms. The smallest absolute Gasteiger partial charge is 0.317 e. The molecule has 1 atom stereocenters. The topological polar surface area (TPSA) is 96.4 Å². The standard InChI is InChI=1S/C28H36FN5O2/c1-18-6-4-7-19(2)22(18)16-33-12-5-8-21(15-33)32-28(35)34-13-11-25(30)23(17-34)27(31)20-9-10-26(36-3)24(29)14-20/h4,6-7,9-10,14,21,31H,5,8,11-13,15-17,30H2,1-3H3,(H,32,35)/p+1. The van der Waals surface area contributed by atoms with E-state index in [4.69, 9.17) is 15.9 Å². The Bertz CT molecular complexity index is 1160. The van der Waals surface area contributed by atoms with Crippen molar-refractivity contribution in [1.82, 2.24) is 15.1 Å². The molecule has 2 aromatic rings. The first kappa shape index (κ1) is 25.7. The molecule has 0 bridgehead atoms. The second-order valence-electron chi connectivity index (χ2n) is 9.83. The molecule has 0 radical (unpaired) electrons. The zero-order valence-electron chi connectivity index (χ0n) is 21.4. The number of nitrogens with zero attached hydrogens (tertiary/aromatic N) is 2. The molecular formula is C28H37FN5O2+. The van der Waals surface area contributed by atoms with Gasteiger partial charge in [0.25, 0.3) is 0 Å². The fourth-order valence-corrected chi connectivity index (χ4v) is 5.12. The number of carbonyl (C=O) groups excluding carboxylic acids is 1. The number of nitrogens with two attached hydrogens (primary N) is 2. The van der Waals surface area contributed by atoms with Crippen molar-refractivity contribution in [2.24, 2.45) is 5.73 Å². The van der Waals surface area contributed by atoms with Crippen molar-refractivity contribution in [2.45, 2.75) is 45.7 Å². The second kappa shape index (κ2) is 11.1. The van der Waals surface area contributed by atoms with Crippen molar-refractivity contribution in [3.05, 3.63) is 75.7 Å². The molecule has 5 N–H and O–H groups in total. The van der Waals surface area contributed by atoms with E-state index in [0.29, 0.717) is 35.5 Å². The summed E-state index contributed by atoms with van der Waals surface area (Å²) in [4.78, 5) is 17.4. The number of benzene rings is 2. The van der Waals surface area contributed by atoms with E-state index in [0.717, 1.165) is 32.5 Å². The molecule has 0 spiro atoms. The van der Waals surface area contributed by atoms with Crippen molar-refractivity contribution in [1.29, 1.82) is 0 Å². The van der Waals surface area contributed by atoms with Gasteiger partial charge in [0.2, 0.25) is 5.71 Å². The summed E-state index contributed by atoms with van der Waals surface area (Å²) < 4.78 is 19.2. The molecule has 4 rings (SSSR count). The molecule has 1 fully saturated rings. The van der Waals surface area contributed by atoms with Crippen molar-refractivity contribution >= 4 is 11.7 Å². The van der Waals surface area contributed by atoms with Crippen molar-refractivity contribution < 1.29 is 19.3 Å². The van der Waals surface area contributed by atoms with Crippen molar-refractivity contribution in [2.75, 3.05) is 33.3 Å². The fraction of sp³-hybridized carbons (Fsp3) is 0.429. The Kier molecular flexibility index (Phi) is 7.94. The van der Waals surface area contributed by atoms with Crippen LogP contribution in [0.15, 0.2) is 47.7 Å². The molecule has 1 saturated heterocycles. The first-order valence-corrected chi connectivity index (χ1v) is 12.5. The quantitative estimate of drug-likeness (QED) is 0.537. The molecule has 0 aliphatic carbocycles. The van der Waals surface area contributed by atoms with E-state index in [1.54, 1.807) is 11.0 Å². The number of ether oxygens (including phenoxy) is 1. The molecule has 1 unspecified atom stereocenters. The van der Waals surface area contributed by atoms with Crippen LogP contribution in [-0.4, -0.2) is 60.9 Å². The van der Waals surface area contributed by atoms with Gasteiger partial charge in [-0.1, -0.05) is 18.2 Å². The summed E-state index contributed by atoms with van der Waals surface area (Å²) >= 11 is 0. The summed E-state index contributed by atoms with van der Waals surface area (Å²) in [6.07, 6.45) is 2.51. The minimum Gasteiger partial charge on any atom is -0.494 e. The van der Waals surface area contributed by atoms with Crippen LogP contribution in [0.5, 0.6) is 5.75 Å². The van der Waals surface area contributed by atoms with Gasteiger partial charge in [-0.05, 0) is 68.1 Å². The maximum absolute atomic E-state index is 14.2. The van der Waals surface area contributed by atoms with E-state index in [9.17, 15) is 9.18 Å². The van der Waals surface area contributed by atoms with E-state index in [2.05, 4.69) is 42.3 Å². The van der Waals surface area contributed by atoms with Gasteiger partial charge in [-0.3, -0.25) is 10.3 Å². The van der Waals surface area contributed by atoms with Crippen LogP contribution in [0, 0.1) is 19.7 Å². The largest absolute Gasteiger partial charge is 0.494 e. The minimum atomic E-state index is -0.495. The highest BCUT2D eigenvalue weighted by Gasteiger charge is 2.30. The van der Waals surface area contributed by atoms with Gasteiger partial charge in [0.05, 0.1) is 19.2 Å². The Hall–Kier alpha value is -3.39. The summed E-state index contributed by atoms with van der Waals surface area (Å²) in [7, 11) is 1.42.